The fraction of sp³-hybridized carbons (Fsp3) is 0.586. The summed E-state index contributed by atoms with van der Waals surface area (Å²) in [6, 6.07) is 8.10. The maximum Gasteiger partial charge on any atom is 0.330 e. The molecule has 0 amide bonds. The van der Waals surface area contributed by atoms with Crippen LogP contribution >= 0.6 is 30.4 Å². The minimum absolute atomic E-state index is 0.0222. The number of aliphatic hydroxyl groups excluding tert-OH is 1. The van der Waals surface area contributed by atoms with E-state index in [0.29, 0.717) is 27.8 Å². The molecule has 0 heterocycles. The molecule has 0 unspecified atom stereocenters. The zero-order valence-electron chi connectivity index (χ0n) is 27.3. The first-order chi connectivity index (χ1) is 22.0. The predicted molar refractivity (Wildman–Crippen MR) is 179 cm³/mol. The van der Waals surface area contributed by atoms with Crippen LogP contribution in [0.2, 0.25) is 0 Å². The van der Waals surface area contributed by atoms with Gasteiger partial charge in [-0.05, 0) is 105 Å². The Labute approximate surface area is 276 Å². The fourth-order valence-corrected chi connectivity index (χ4v) is 9.17. The van der Waals surface area contributed by atoms with E-state index < -0.39 is 42.7 Å². The Morgan fingerprint density at radius 2 is 0.915 bits per heavy atom. The molecule has 0 aliphatic heterocycles. The Balaban J connectivity index is 2.69. The number of benzene rings is 2. The molecule has 2 aromatic carbocycles. The lowest BCUT2D eigenvalue weighted by Gasteiger charge is -2.22. The summed E-state index contributed by atoms with van der Waals surface area (Å²) < 4.78 is 78.3. The van der Waals surface area contributed by atoms with E-state index in [4.69, 9.17) is 22.8 Å². The van der Waals surface area contributed by atoms with Crippen LogP contribution in [0, 0.1) is 0 Å². The highest BCUT2D eigenvalue weighted by molar-refractivity contribution is 7.54. The number of aliphatic hydroxyl groups is 1. The van der Waals surface area contributed by atoms with Gasteiger partial charge in [-0.3, -0.25) is 18.3 Å². The SMILES string of the molecule is CCOP(=O)(CCc1cc(CO)cc(CCP(=O)(OCC)OCC)c1Oc1cc(CCP(=O)(O)O)cc(CCP(=O)(O)O)c1)OCC. The van der Waals surface area contributed by atoms with Gasteiger partial charge in [0.25, 0.3) is 0 Å². The zero-order valence-corrected chi connectivity index (χ0v) is 30.9. The number of hydrogen-bond donors (Lipinski definition) is 5. The second-order valence-electron chi connectivity index (χ2n) is 10.6. The van der Waals surface area contributed by atoms with Gasteiger partial charge in [-0.25, -0.2) is 0 Å². The van der Waals surface area contributed by atoms with E-state index in [-0.39, 0.29) is 82.5 Å². The monoisotopic (exact) mass is 744 g/mol. The maximum absolute atomic E-state index is 13.4. The van der Waals surface area contributed by atoms with Gasteiger partial charge in [0.15, 0.2) is 0 Å². The van der Waals surface area contributed by atoms with Crippen molar-refractivity contribution in [1.29, 1.82) is 0 Å². The molecule has 18 heteroatoms. The Kier molecular flexibility index (Phi) is 17.2. The molecule has 0 aromatic heterocycles. The molecule has 14 nitrogen and oxygen atoms in total. The quantitative estimate of drug-likeness (QED) is 0.0822. The third kappa shape index (κ3) is 15.5. The number of ether oxygens (including phenoxy) is 1. The lowest BCUT2D eigenvalue weighted by atomic mass is 10.0. The largest absolute Gasteiger partial charge is 0.457 e. The summed E-state index contributed by atoms with van der Waals surface area (Å²) in [5, 5.41) is 10.1. The van der Waals surface area contributed by atoms with Gasteiger partial charge in [0.05, 0.1) is 57.7 Å². The van der Waals surface area contributed by atoms with Crippen molar-refractivity contribution in [3.8, 4) is 11.5 Å². The van der Waals surface area contributed by atoms with Gasteiger partial charge in [0.1, 0.15) is 11.5 Å². The molecule has 0 aliphatic rings. The first-order valence-electron chi connectivity index (χ1n) is 15.4. The topological polar surface area (TPSA) is 216 Å². The predicted octanol–water partition coefficient (Wildman–Crippen LogP) is 6.03. The van der Waals surface area contributed by atoms with E-state index >= 15 is 0 Å². The third-order valence-electron chi connectivity index (χ3n) is 6.73. The summed E-state index contributed by atoms with van der Waals surface area (Å²) in [6.07, 6.45) is -0.765. The molecule has 0 radical (unpaired) electrons. The molecular formula is C29H48O14P4. The number of aryl methyl sites for hydroxylation is 4. The third-order valence-corrected chi connectivity index (χ3v) is 12.5. The van der Waals surface area contributed by atoms with Crippen LogP contribution in [0.4, 0.5) is 0 Å². The lowest BCUT2D eigenvalue weighted by Crippen LogP contribution is -2.08. The fourth-order valence-electron chi connectivity index (χ4n) is 4.80. The summed E-state index contributed by atoms with van der Waals surface area (Å²) in [6.45, 7) is 7.08. The van der Waals surface area contributed by atoms with Crippen LogP contribution in [-0.2, 0) is 68.6 Å². The molecule has 5 N–H and O–H groups in total. The van der Waals surface area contributed by atoms with Crippen LogP contribution in [0.1, 0.15) is 55.5 Å². The molecule has 0 bridgehead atoms. The molecule has 0 spiro atoms. The highest BCUT2D eigenvalue weighted by atomic mass is 31.2. The van der Waals surface area contributed by atoms with E-state index in [1.54, 1.807) is 58.0 Å². The zero-order chi connectivity index (χ0) is 35.3. The van der Waals surface area contributed by atoms with Crippen molar-refractivity contribution >= 4 is 30.4 Å². The van der Waals surface area contributed by atoms with E-state index in [1.807, 2.05) is 0 Å². The standard InChI is InChI=1S/C29H48O14P4/c1-5-39-46(37,40-6-2)15-11-26-18-25(22-30)19-27(12-16-47(38,41-7-3)42-8-4)29(26)43-28-20-23(9-13-44(31,32)33)17-24(21-28)10-14-45(34,35)36/h17-21,30H,5-16,22H2,1-4H3,(H2,31,32,33)(H2,34,35,36). The van der Waals surface area contributed by atoms with Crippen LogP contribution in [0.15, 0.2) is 30.3 Å². The minimum atomic E-state index is -4.36. The smallest absolute Gasteiger partial charge is 0.330 e. The minimum Gasteiger partial charge on any atom is -0.457 e. The van der Waals surface area contributed by atoms with E-state index in [1.165, 1.54) is 0 Å². The van der Waals surface area contributed by atoms with Crippen LogP contribution in [0.25, 0.3) is 0 Å². The van der Waals surface area contributed by atoms with Gasteiger partial charge in [0.2, 0.25) is 0 Å². The highest BCUT2D eigenvalue weighted by Crippen LogP contribution is 2.51. The van der Waals surface area contributed by atoms with Crippen molar-refractivity contribution in [1.82, 2.24) is 0 Å². The lowest BCUT2D eigenvalue weighted by molar-refractivity contribution is 0.219. The summed E-state index contributed by atoms with van der Waals surface area (Å²) in [5.41, 5.74) is 2.48. The van der Waals surface area contributed by atoms with Crippen molar-refractivity contribution < 1.29 is 65.8 Å². The van der Waals surface area contributed by atoms with Gasteiger partial charge < -0.3 is 47.5 Å². The molecule has 47 heavy (non-hydrogen) atoms. The average Bonchev–Trinajstić information content (AvgIpc) is 2.97. The average molecular weight is 745 g/mol. The van der Waals surface area contributed by atoms with Gasteiger partial charge >= 0.3 is 30.4 Å². The van der Waals surface area contributed by atoms with Crippen LogP contribution in [0.3, 0.4) is 0 Å². The van der Waals surface area contributed by atoms with Crippen molar-refractivity contribution in [2.45, 2.75) is 60.0 Å². The van der Waals surface area contributed by atoms with Crippen LogP contribution in [-0.4, -0.2) is 75.8 Å². The van der Waals surface area contributed by atoms with Gasteiger partial charge in [-0.15, -0.1) is 0 Å². The number of hydrogen-bond acceptors (Lipinski definition) is 10. The molecular weight excluding hydrogens is 696 g/mol. The maximum atomic E-state index is 13.4. The first kappa shape index (κ1) is 42.0. The molecule has 0 saturated heterocycles. The summed E-state index contributed by atoms with van der Waals surface area (Å²) >= 11 is 0. The second kappa shape index (κ2) is 19.3. The normalized spacial score (nSPS) is 12.9. The molecule has 2 aromatic rings. The van der Waals surface area contributed by atoms with Crippen LogP contribution in [0.5, 0.6) is 11.5 Å². The second-order valence-corrected chi connectivity index (χ2v) is 18.5. The molecule has 2 rings (SSSR count). The van der Waals surface area contributed by atoms with E-state index in [9.17, 15) is 42.9 Å². The molecule has 0 fully saturated rings. The highest BCUT2D eigenvalue weighted by Gasteiger charge is 2.28. The number of rotatable bonds is 23. The van der Waals surface area contributed by atoms with Gasteiger partial charge in [0, 0.05) is 0 Å². The summed E-state index contributed by atoms with van der Waals surface area (Å²) in [7, 11) is -15.7. The van der Waals surface area contributed by atoms with Crippen molar-refractivity contribution in [3.05, 3.63) is 58.1 Å². The first-order valence-corrected chi connectivity index (χ1v) is 22.4. The Morgan fingerprint density at radius 1 is 0.532 bits per heavy atom. The molecule has 0 atom stereocenters. The summed E-state index contributed by atoms with van der Waals surface area (Å²) in [5.74, 6) is 0.498. The van der Waals surface area contributed by atoms with Crippen molar-refractivity contribution in [2.75, 3.05) is 51.1 Å². The van der Waals surface area contributed by atoms with Crippen molar-refractivity contribution in [3.63, 3.8) is 0 Å². The molecule has 268 valence electrons. The van der Waals surface area contributed by atoms with Gasteiger partial charge in [-0.2, -0.15) is 0 Å². The van der Waals surface area contributed by atoms with Crippen LogP contribution < -0.4 is 4.74 Å². The van der Waals surface area contributed by atoms with E-state index in [0.717, 1.165) is 0 Å². The summed E-state index contributed by atoms with van der Waals surface area (Å²) in [4.78, 5) is 37.8. The van der Waals surface area contributed by atoms with Gasteiger partial charge in [-0.1, -0.05) is 6.07 Å². The Hall–Kier alpha value is -1.20. The Bertz CT molecular complexity index is 1370. The van der Waals surface area contributed by atoms with Crippen molar-refractivity contribution in [2.24, 2.45) is 0 Å². The molecule has 0 aliphatic carbocycles. The Morgan fingerprint density at radius 3 is 1.23 bits per heavy atom. The van der Waals surface area contributed by atoms with E-state index in [2.05, 4.69) is 0 Å². The molecule has 0 saturated carbocycles.